The quantitative estimate of drug-likeness (QED) is 0.418. The molecule has 0 unspecified atom stereocenters. The lowest BCUT2D eigenvalue weighted by Gasteiger charge is -2.32. The summed E-state index contributed by atoms with van der Waals surface area (Å²) in [6, 6.07) is 24.7. The Morgan fingerprint density at radius 1 is 0.931 bits per heavy atom. The summed E-state index contributed by atoms with van der Waals surface area (Å²) in [5.41, 5.74) is 2.69. The normalized spacial score (nSPS) is 18.1. The maximum Gasteiger partial charge on any atom is 0.222 e. The second kappa shape index (κ2) is 7.44. The van der Waals surface area contributed by atoms with Crippen LogP contribution in [0.2, 0.25) is 0 Å². The van der Waals surface area contributed by atoms with Crippen molar-refractivity contribution in [1.29, 1.82) is 0 Å². The molecule has 4 nitrogen and oxygen atoms in total. The number of nitrogens with zero attached hydrogens (tertiary/aromatic N) is 3. The molecule has 2 heterocycles. The first-order chi connectivity index (χ1) is 14.2. The van der Waals surface area contributed by atoms with Gasteiger partial charge in [-0.2, -0.15) is 4.98 Å². The van der Waals surface area contributed by atoms with Crippen LogP contribution in [-0.2, 0) is 0 Å². The highest BCUT2D eigenvalue weighted by Crippen LogP contribution is 2.39. The summed E-state index contributed by atoms with van der Waals surface area (Å²) in [6.45, 7) is 0. The molecule has 1 aliphatic heterocycles. The van der Waals surface area contributed by atoms with Crippen LogP contribution in [0.5, 0.6) is 0 Å². The van der Waals surface area contributed by atoms with Crippen LogP contribution in [-0.4, -0.2) is 14.8 Å². The largest absolute Gasteiger partial charge is 0.347 e. The molecule has 144 valence electrons. The van der Waals surface area contributed by atoms with Gasteiger partial charge in [0.05, 0.1) is 12.1 Å². The average Bonchev–Trinajstić information content (AvgIpc) is 3.19. The molecule has 0 amide bonds. The Labute approximate surface area is 176 Å². The standard InChI is InChI=1S/C23H18BrFN4/c24-17-12-10-15(11-13-17)20-14-21(18-8-4-5-9-19(18)25)29-23(26-20)27-22(28-29)16-6-2-1-3-7-16/h1-13,20-21H,14H2,(H,26,27,28)/t20-,21+/m0/s1. The van der Waals surface area contributed by atoms with Crippen molar-refractivity contribution >= 4 is 21.9 Å². The van der Waals surface area contributed by atoms with Crippen LogP contribution in [0, 0.1) is 5.82 Å². The van der Waals surface area contributed by atoms with Gasteiger partial charge in [-0.05, 0) is 30.2 Å². The van der Waals surface area contributed by atoms with E-state index in [1.54, 1.807) is 6.07 Å². The monoisotopic (exact) mass is 448 g/mol. The second-order valence-electron chi connectivity index (χ2n) is 7.09. The number of rotatable bonds is 3. The van der Waals surface area contributed by atoms with Gasteiger partial charge in [0.2, 0.25) is 5.95 Å². The highest BCUT2D eigenvalue weighted by Gasteiger charge is 2.32. The molecule has 5 rings (SSSR count). The lowest BCUT2D eigenvalue weighted by Crippen LogP contribution is -2.28. The molecule has 0 saturated heterocycles. The van der Waals surface area contributed by atoms with Crippen LogP contribution in [0.3, 0.4) is 0 Å². The van der Waals surface area contributed by atoms with E-state index in [9.17, 15) is 4.39 Å². The molecule has 29 heavy (non-hydrogen) atoms. The van der Waals surface area contributed by atoms with Crippen LogP contribution in [0.15, 0.2) is 83.3 Å². The maximum atomic E-state index is 14.7. The lowest BCUT2D eigenvalue weighted by molar-refractivity contribution is 0.416. The van der Waals surface area contributed by atoms with Crippen LogP contribution in [0.1, 0.15) is 29.6 Å². The van der Waals surface area contributed by atoms with Gasteiger partial charge in [-0.3, -0.25) is 0 Å². The van der Waals surface area contributed by atoms with Gasteiger partial charge in [0, 0.05) is 15.6 Å². The summed E-state index contributed by atoms with van der Waals surface area (Å²) in [6.07, 6.45) is 0.674. The van der Waals surface area contributed by atoms with Crippen molar-refractivity contribution < 1.29 is 4.39 Å². The van der Waals surface area contributed by atoms with E-state index < -0.39 is 0 Å². The van der Waals surface area contributed by atoms with E-state index in [1.165, 1.54) is 6.07 Å². The maximum absolute atomic E-state index is 14.7. The number of anilines is 1. The van der Waals surface area contributed by atoms with Gasteiger partial charge in [0.1, 0.15) is 5.82 Å². The van der Waals surface area contributed by atoms with Crippen LogP contribution in [0.4, 0.5) is 10.3 Å². The molecule has 1 aromatic heterocycles. The molecule has 0 saturated carbocycles. The van der Waals surface area contributed by atoms with Crippen molar-refractivity contribution in [2.24, 2.45) is 0 Å². The average molecular weight is 449 g/mol. The van der Waals surface area contributed by atoms with Crippen LogP contribution in [0.25, 0.3) is 11.4 Å². The van der Waals surface area contributed by atoms with Crippen molar-refractivity contribution in [3.05, 3.63) is 100 Å². The first-order valence-corrected chi connectivity index (χ1v) is 10.3. The van der Waals surface area contributed by atoms with Crippen LogP contribution >= 0.6 is 15.9 Å². The first kappa shape index (κ1) is 18.1. The van der Waals surface area contributed by atoms with Gasteiger partial charge < -0.3 is 5.32 Å². The molecule has 4 aromatic rings. The highest BCUT2D eigenvalue weighted by molar-refractivity contribution is 9.10. The third-order valence-corrected chi connectivity index (χ3v) is 5.79. The Balaban J connectivity index is 1.61. The van der Waals surface area contributed by atoms with E-state index in [0.29, 0.717) is 23.8 Å². The molecule has 0 spiro atoms. The number of aromatic nitrogens is 3. The summed E-state index contributed by atoms with van der Waals surface area (Å²) in [5.74, 6) is 1.05. The van der Waals surface area contributed by atoms with E-state index in [0.717, 1.165) is 15.6 Å². The number of nitrogens with one attached hydrogen (secondary N) is 1. The zero-order valence-electron chi connectivity index (χ0n) is 15.5. The van der Waals surface area contributed by atoms with Crippen molar-refractivity contribution in [1.82, 2.24) is 14.8 Å². The molecular weight excluding hydrogens is 431 g/mol. The minimum atomic E-state index is -0.244. The van der Waals surface area contributed by atoms with Gasteiger partial charge >= 0.3 is 0 Å². The Kier molecular flexibility index (Phi) is 4.64. The summed E-state index contributed by atoms with van der Waals surface area (Å²) < 4.78 is 17.5. The smallest absolute Gasteiger partial charge is 0.222 e. The molecular formula is C23H18BrFN4. The van der Waals surface area contributed by atoms with Crippen molar-refractivity contribution in [3.63, 3.8) is 0 Å². The topological polar surface area (TPSA) is 42.7 Å². The number of fused-ring (bicyclic) bond motifs is 1. The summed E-state index contributed by atoms with van der Waals surface area (Å²) in [7, 11) is 0. The van der Waals surface area contributed by atoms with Crippen molar-refractivity contribution in [3.8, 4) is 11.4 Å². The zero-order chi connectivity index (χ0) is 19.8. The Morgan fingerprint density at radius 3 is 2.41 bits per heavy atom. The van der Waals surface area contributed by atoms with Gasteiger partial charge in [-0.25, -0.2) is 9.07 Å². The number of hydrogen-bond acceptors (Lipinski definition) is 3. The Morgan fingerprint density at radius 2 is 1.66 bits per heavy atom. The van der Waals surface area contributed by atoms with E-state index in [4.69, 9.17) is 10.1 Å². The highest BCUT2D eigenvalue weighted by atomic mass is 79.9. The van der Waals surface area contributed by atoms with Crippen LogP contribution < -0.4 is 5.32 Å². The third-order valence-electron chi connectivity index (χ3n) is 5.26. The number of benzene rings is 3. The van der Waals surface area contributed by atoms with E-state index in [-0.39, 0.29) is 17.9 Å². The first-order valence-electron chi connectivity index (χ1n) is 9.47. The fraction of sp³-hybridized carbons (Fsp3) is 0.130. The molecule has 2 atom stereocenters. The second-order valence-corrected chi connectivity index (χ2v) is 8.01. The molecule has 6 heteroatoms. The third kappa shape index (κ3) is 3.44. The Hall–Kier alpha value is -2.99. The molecule has 0 bridgehead atoms. The number of hydrogen-bond donors (Lipinski definition) is 1. The molecule has 0 radical (unpaired) electrons. The van der Waals surface area contributed by atoms with Crippen molar-refractivity contribution in [2.45, 2.75) is 18.5 Å². The summed E-state index contributed by atoms with van der Waals surface area (Å²) in [4.78, 5) is 4.73. The molecule has 0 fully saturated rings. The van der Waals surface area contributed by atoms with E-state index >= 15 is 0 Å². The fourth-order valence-corrected chi connectivity index (χ4v) is 4.07. The molecule has 0 aliphatic carbocycles. The molecule has 1 N–H and O–H groups in total. The molecule has 3 aromatic carbocycles. The van der Waals surface area contributed by atoms with Gasteiger partial charge in [0.15, 0.2) is 5.82 Å². The fourth-order valence-electron chi connectivity index (χ4n) is 3.80. The Bertz CT molecular complexity index is 1140. The lowest BCUT2D eigenvalue weighted by atomic mass is 9.93. The zero-order valence-corrected chi connectivity index (χ0v) is 17.1. The van der Waals surface area contributed by atoms with Gasteiger partial charge in [-0.1, -0.05) is 76.6 Å². The predicted octanol–water partition coefficient (Wildman–Crippen LogP) is 5.99. The van der Waals surface area contributed by atoms with Crippen molar-refractivity contribution in [2.75, 3.05) is 5.32 Å². The minimum absolute atomic E-state index is 0.00743. The minimum Gasteiger partial charge on any atom is -0.347 e. The summed E-state index contributed by atoms with van der Waals surface area (Å²) >= 11 is 3.49. The summed E-state index contributed by atoms with van der Waals surface area (Å²) in [5, 5.41) is 8.22. The van der Waals surface area contributed by atoms with Gasteiger partial charge in [-0.15, -0.1) is 5.10 Å². The van der Waals surface area contributed by atoms with E-state index in [1.807, 2.05) is 59.3 Å². The predicted molar refractivity (Wildman–Crippen MR) is 115 cm³/mol. The van der Waals surface area contributed by atoms with E-state index in [2.05, 4.69) is 33.4 Å². The SMILES string of the molecule is Fc1ccccc1[C@H]1C[C@@H](c2ccc(Br)cc2)Nc2nc(-c3ccccc3)nn21. The molecule has 1 aliphatic rings. The van der Waals surface area contributed by atoms with Gasteiger partial charge in [0.25, 0.3) is 0 Å². The number of halogens is 2.